The lowest BCUT2D eigenvalue weighted by Crippen LogP contribution is -1.93. The third kappa shape index (κ3) is 2.17. The lowest BCUT2D eigenvalue weighted by Gasteiger charge is -1.97. The first-order valence-electron chi connectivity index (χ1n) is 3.89. The maximum atomic E-state index is 5.41. The zero-order chi connectivity index (χ0) is 9.80. The van der Waals surface area contributed by atoms with Gasteiger partial charge in [0.15, 0.2) is 5.16 Å². The van der Waals surface area contributed by atoms with Gasteiger partial charge in [0.1, 0.15) is 10.8 Å². The summed E-state index contributed by atoms with van der Waals surface area (Å²) in [6, 6.07) is 5.24. The average Bonchev–Trinajstić information content (AvgIpc) is 2.23. The van der Waals surface area contributed by atoms with Gasteiger partial charge in [-0.3, -0.25) is 0 Å². The summed E-state index contributed by atoms with van der Waals surface area (Å²) in [4.78, 5) is 8.10. The second-order valence-corrected chi connectivity index (χ2v) is 3.42. The predicted molar refractivity (Wildman–Crippen MR) is 52.6 cm³/mol. The van der Waals surface area contributed by atoms with Crippen LogP contribution in [-0.4, -0.2) is 20.2 Å². The molecule has 0 radical (unpaired) electrons. The Bertz CT molecular complexity index is 402. The van der Waals surface area contributed by atoms with Crippen molar-refractivity contribution in [3.8, 4) is 0 Å². The van der Waals surface area contributed by atoms with Crippen molar-refractivity contribution in [2.75, 3.05) is 5.73 Å². The summed E-state index contributed by atoms with van der Waals surface area (Å²) in [7, 11) is 0. The van der Waals surface area contributed by atoms with Gasteiger partial charge in [0.05, 0.1) is 0 Å². The third-order valence-electron chi connectivity index (χ3n) is 1.40. The molecule has 0 aromatic carbocycles. The summed E-state index contributed by atoms with van der Waals surface area (Å²) >= 11 is 1.34. The minimum atomic E-state index is 0.406. The van der Waals surface area contributed by atoms with Gasteiger partial charge in [-0.1, -0.05) is 0 Å². The van der Waals surface area contributed by atoms with Crippen LogP contribution >= 0.6 is 11.8 Å². The van der Waals surface area contributed by atoms with Crippen molar-refractivity contribution < 1.29 is 0 Å². The Morgan fingerprint density at radius 3 is 2.50 bits per heavy atom. The molecule has 2 aromatic rings. The molecule has 5 nitrogen and oxygen atoms in total. The van der Waals surface area contributed by atoms with Crippen molar-refractivity contribution in [2.45, 2.75) is 10.2 Å². The number of aromatic nitrogens is 4. The molecule has 0 saturated carbocycles. The molecule has 0 amide bonds. The second-order valence-electron chi connectivity index (χ2n) is 2.43. The molecule has 2 N–H and O–H groups in total. The second kappa shape index (κ2) is 4.01. The molecule has 2 heterocycles. The Labute approximate surface area is 84.8 Å². The van der Waals surface area contributed by atoms with Crippen molar-refractivity contribution >= 4 is 17.6 Å². The summed E-state index contributed by atoms with van der Waals surface area (Å²) in [6.07, 6.45) is 3.36. The molecular weight excluding hydrogens is 198 g/mol. The number of nitrogens with zero attached hydrogens (tertiary/aromatic N) is 4. The highest BCUT2D eigenvalue weighted by molar-refractivity contribution is 7.99. The van der Waals surface area contributed by atoms with Gasteiger partial charge in [0.2, 0.25) is 0 Å². The summed E-state index contributed by atoms with van der Waals surface area (Å²) in [6.45, 7) is 0. The van der Waals surface area contributed by atoms with Gasteiger partial charge in [-0.05, 0) is 30.0 Å². The largest absolute Gasteiger partial charge is 0.382 e. The molecule has 0 aliphatic rings. The Kier molecular flexibility index (Phi) is 2.55. The van der Waals surface area contributed by atoms with Crippen LogP contribution in [0.25, 0.3) is 0 Å². The van der Waals surface area contributed by atoms with Crippen LogP contribution in [0.3, 0.4) is 0 Å². The molecule has 0 aliphatic heterocycles. The van der Waals surface area contributed by atoms with E-state index in [2.05, 4.69) is 20.2 Å². The summed E-state index contributed by atoms with van der Waals surface area (Å²) < 4.78 is 0. The Morgan fingerprint density at radius 2 is 1.86 bits per heavy atom. The highest BCUT2D eigenvalue weighted by Gasteiger charge is 2.00. The quantitative estimate of drug-likeness (QED) is 0.737. The molecule has 0 saturated heterocycles. The van der Waals surface area contributed by atoms with Crippen LogP contribution in [0.5, 0.6) is 0 Å². The first-order valence-corrected chi connectivity index (χ1v) is 4.70. The number of hydrogen-bond donors (Lipinski definition) is 1. The molecule has 0 bridgehead atoms. The van der Waals surface area contributed by atoms with Crippen LogP contribution in [0.1, 0.15) is 0 Å². The van der Waals surface area contributed by atoms with Crippen molar-refractivity contribution in [1.82, 2.24) is 20.2 Å². The number of hydrogen-bond acceptors (Lipinski definition) is 6. The topological polar surface area (TPSA) is 77.6 Å². The molecule has 70 valence electrons. The lowest BCUT2D eigenvalue weighted by molar-refractivity contribution is 0.918. The van der Waals surface area contributed by atoms with Crippen molar-refractivity contribution in [3.63, 3.8) is 0 Å². The zero-order valence-corrected chi connectivity index (χ0v) is 7.98. The van der Waals surface area contributed by atoms with E-state index in [9.17, 15) is 0 Å². The molecular formula is C8H7N5S. The fraction of sp³-hybridized carbons (Fsp3) is 0. The number of rotatable bonds is 2. The van der Waals surface area contributed by atoms with E-state index in [1.54, 1.807) is 30.6 Å². The molecule has 2 aromatic heterocycles. The van der Waals surface area contributed by atoms with Gasteiger partial charge in [0, 0.05) is 12.4 Å². The number of anilines is 1. The monoisotopic (exact) mass is 205 g/mol. The van der Waals surface area contributed by atoms with Crippen LogP contribution in [0.15, 0.2) is 40.8 Å². The molecule has 14 heavy (non-hydrogen) atoms. The molecule has 0 fully saturated rings. The van der Waals surface area contributed by atoms with E-state index < -0.39 is 0 Å². The van der Waals surface area contributed by atoms with Crippen molar-refractivity contribution in [2.24, 2.45) is 0 Å². The summed E-state index contributed by atoms with van der Waals surface area (Å²) in [5.74, 6) is 0.406. The Balaban J connectivity index is 2.16. The highest BCUT2D eigenvalue weighted by atomic mass is 32.2. The molecule has 2 rings (SSSR count). The normalized spacial score (nSPS) is 10.0. The van der Waals surface area contributed by atoms with Gasteiger partial charge < -0.3 is 5.73 Å². The smallest absolute Gasteiger partial charge is 0.193 e. The lowest BCUT2D eigenvalue weighted by atomic mass is 10.5. The summed E-state index contributed by atoms with van der Waals surface area (Å²) in [5.41, 5.74) is 5.41. The predicted octanol–water partition coefficient (Wildman–Crippen LogP) is 1.00. The van der Waals surface area contributed by atoms with E-state index in [1.165, 1.54) is 11.8 Å². The van der Waals surface area contributed by atoms with Gasteiger partial charge in [-0.2, -0.15) is 0 Å². The third-order valence-corrected chi connectivity index (χ3v) is 2.22. The summed E-state index contributed by atoms with van der Waals surface area (Å²) in [5, 5.41) is 8.98. The van der Waals surface area contributed by atoms with E-state index in [1.807, 2.05) is 0 Å². The highest BCUT2D eigenvalue weighted by Crippen LogP contribution is 2.20. The van der Waals surface area contributed by atoms with Crippen LogP contribution in [0, 0.1) is 0 Å². The molecule has 0 spiro atoms. The van der Waals surface area contributed by atoms with Gasteiger partial charge >= 0.3 is 0 Å². The average molecular weight is 205 g/mol. The fourth-order valence-electron chi connectivity index (χ4n) is 0.816. The molecule has 6 heteroatoms. The van der Waals surface area contributed by atoms with Crippen LogP contribution in [0.2, 0.25) is 0 Å². The maximum absolute atomic E-state index is 5.41. The van der Waals surface area contributed by atoms with Gasteiger partial charge in [0.25, 0.3) is 0 Å². The van der Waals surface area contributed by atoms with Crippen LogP contribution < -0.4 is 5.73 Å². The molecule has 0 atom stereocenters. The van der Waals surface area contributed by atoms with E-state index in [4.69, 9.17) is 5.73 Å². The van der Waals surface area contributed by atoms with Gasteiger partial charge in [-0.15, -0.1) is 10.2 Å². The van der Waals surface area contributed by atoms with E-state index in [0.29, 0.717) is 11.0 Å². The number of nitrogen functional groups attached to an aromatic ring is 1. The fourth-order valence-corrected chi connectivity index (χ4v) is 1.45. The minimum absolute atomic E-state index is 0.406. The SMILES string of the molecule is Nc1ccc(Sc2ncccn2)nn1. The van der Waals surface area contributed by atoms with Crippen molar-refractivity contribution in [3.05, 3.63) is 30.6 Å². The van der Waals surface area contributed by atoms with E-state index in [0.717, 1.165) is 5.03 Å². The van der Waals surface area contributed by atoms with Crippen LogP contribution in [-0.2, 0) is 0 Å². The van der Waals surface area contributed by atoms with Gasteiger partial charge in [-0.25, -0.2) is 9.97 Å². The van der Waals surface area contributed by atoms with Crippen molar-refractivity contribution in [1.29, 1.82) is 0 Å². The minimum Gasteiger partial charge on any atom is -0.382 e. The Hall–Kier alpha value is -1.69. The Morgan fingerprint density at radius 1 is 1.07 bits per heavy atom. The first-order chi connectivity index (χ1) is 6.84. The molecule has 0 aliphatic carbocycles. The first kappa shape index (κ1) is 8.89. The van der Waals surface area contributed by atoms with E-state index in [-0.39, 0.29) is 0 Å². The number of nitrogens with two attached hydrogens (primary N) is 1. The zero-order valence-electron chi connectivity index (χ0n) is 7.16. The maximum Gasteiger partial charge on any atom is 0.193 e. The van der Waals surface area contributed by atoms with E-state index >= 15 is 0 Å². The standard InChI is InChI=1S/C8H7N5S/c9-6-2-3-7(13-12-6)14-8-10-4-1-5-11-8/h1-5H,(H2,9,12). The van der Waals surface area contributed by atoms with Crippen LogP contribution in [0.4, 0.5) is 5.82 Å². The molecule has 0 unspecified atom stereocenters.